The molecule has 1 unspecified atom stereocenters. The number of halogens is 2. The van der Waals surface area contributed by atoms with Gasteiger partial charge in [0.15, 0.2) is 0 Å². The van der Waals surface area contributed by atoms with Crippen LogP contribution in [0.5, 0.6) is 5.75 Å². The zero-order valence-corrected chi connectivity index (χ0v) is 23.8. The number of aliphatic hydroxyl groups is 1. The lowest BCUT2D eigenvalue weighted by Gasteiger charge is -2.27. The first-order valence-electron chi connectivity index (χ1n) is 12.4. The summed E-state index contributed by atoms with van der Waals surface area (Å²) in [6, 6.07) is 17.4. The van der Waals surface area contributed by atoms with Gasteiger partial charge in [-0.05, 0) is 52.3 Å². The molecule has 0 spiro atoms. The first-order chi connectivity index (χ1) is 17.8. The van der Waals surface area contributed by atoms with Crippen LogP contribution in [0.2, 0.25) is 10.0 Å². The van der Waals surface area contributed by atoms with Gasteiger partial charge < -0.3 is 9.84 Å². The molecule has 1 amide bonds. The largest absolute Gasteiger partial charge is 0.507 e. The van der Waals surface area contributed by atoms with Crippen LogP contribution in [0.15, 0.2) is 66.2 Å². The standard InChI is InChI=1S/C31H31Cl2NO4/c1-17(2)18-9-13-22(14-10-18)34-26(19-7-11-20(12-8-19)31(3,4)5)25(28(36)30(34)37)27(35)23-15-21(32)16-24(33)29(23)38-6/h7-17,26,35H,1-6H3/b27-25+. The quantitative estimate of drug-likeness (QED) is 0.198. The van der Waals surface area contributed by atoms with Gasteiger partial charge in [-0.2, -0.15) is 0 Å². The number of hydrogen-bond donors (Lipinski definition) is 1. The van der Waals surface area contributed by atoms with Gasteiger partial charge in [-0.25, -0.2) is 0 Å². The number of ether oxygens (including phenoxy) is 1. The zero-order valence-electron chi connectivity index (χ0n) is 22.3. The van der Waals surface area contributed by atoms with Gasteiger partial charge in [0.25, 0.3) is 11.7 Å². The second-order valence-electron chi connectivity index (χ2n) is 10.8. The van der Waals surface area contributed by atoms with Crippen LogP contribution < -0.4 is 9.64 Å². The molecule has 1 atom stereocenters. The summed E-state index contributed by atoms with van der Waals surface area (Å²) in [5.41, 5.74) is 3.42. The van der Waals surface area contributed by atoms with Crippen LogP contribution >= 0.6 is 23.2 Å². The van der Waals surface area contributed by atoms with Crippen LogP contribution in [0.4, 0.5) is 5.69 Å². The number of rotatable bonds is 5. The number of Topliss-reactive ketones (excluding diaryl/α,β-unsaturated/α-hetero) is 1. The van der Waals surface area contributed by atoms with Crippen molar-refractivity contribution in [3.05, 3.63) is 98.5 Å². The number of carbonyl (C=O) groups is 2. The summed E-state index contributed by atoms with van der Waals surface area (Å²) in [6.45, 7) is 10.5. The fourth-order valence-electron chi connectivity index (χ4n) is 4.69. The van der Waals surface area contributed by atoms with E-state index in [1.54, 1.807) is 0 Å². The SMILES string of the molecule is COc1c(Cl)cc(Cl)cc1/C(O)=C1\C(=O)C(=O)N(c2ccc(C(C)C)cc2)C1c1ccc(C(C)(C)C)cc1. The normalized spacial score (nSPS) is 17.4. The molecule has 5 nitrogen and oxygen atoms in total. The molecule has 1 aliphatic rings. The number of anilines is 1. The fourth-order valence-corrected chi connectivity index (χ4v) is 5.26. The van der Waals surface area contributed by atoms with Gasteiger partial charge in [-0.15, -0.1) is 0 Å². The molecule has 3 aromatic carbocycles. The summed E-state index contributed by atoms with van der Waals surface area (Å²) >= 11 is 12.6. The Morgan fingerprint density at radius 1 is 0.974 bits per heavy atom. The Balaban J connectivity index is 1.97. The molecule has 0 saturated carbocycles. The summed E-state index contributed by atoms with van der Waals surface area (Å²) in [5.74, 6) is -1.49. The monoisotopic (exact) mass is 551 g/mol. The third kappa shape index (κ3) is 5.05. The van der Waals surface area contributed by atoms with Crippen LogP contribution in [0, 0.1) is 0 Å². The maximum atomic E-state index is 13.5. The second kappa shape index (κ2) is 10.5. The van der Waals surface area contributed by atoms with Crippen LogP contribution in [-0.4, -0.2) is 23.9 Å². The first kappa shape index (κ1) is 27.7. The van der Waals surface area contributed by atoms with Crippen LogP contribution in [0.1, 0.15) is 68.8 Å². The summed E-state index contributed by atoms with van der Waals surface area (Å²) in [5, 5.41) is 12.0. The van der Waals surface area contributed by atoms with Crippen molar-refractivity contribution in [3.8, 4) is 5.75 Å². The van der Waals surface area contributed by atoms with Crippen molar-refractivity contribution in [1.29, 1.82) is 0 Å². The van der Waals surface area contributed by atoms with E-state index in [9.17, 15) is 14.7 Å². The van der Waals surface area contributed by atoms with Crippen molar-refractivity contribution in [2.75, 3.05) is 12.0 Å². The molecule has 0 aromatic heterocycles. The minimum absolute atomic E-state index is 0.0666. The molecule has 38 heavy (non-hydrogen) atoms. The molecule has 1 saturated heterocycles. The average molecular weight is 552 g/mol. The lowest BCUT2D eigenvalue weighted by Crippen LogP contribution is -2.29. The smallest absolute Gasteiger partial charge is 0.300 e. The molecule has 4 rings (SSSR count). The number of ketones is 1. The highest BCUT2D eigenvalue weighted by molar-refractivity contribution is 6.52. The van der Waals surface area contributed by atoms with Crippen LogP contribution in [-0.2, 0) is 15.0 Å². The number of amides is 1. The number of hydrogen-bond acceptors (Lipinski definition) is 4. The summed E-state index contributed by atoms with van der Waals surface area (Å²) < 4.78 is 5.42. The molecule has 7 heteroatoms. The number of nitrogens with zero attached hydrogens (tertiary/aromatic N) is 1. The van der Waals surface area contributed by atoms with Gasteiger partial charge in [0.05, 0.1) is 29.3 Å². The van der Waals surface area contributed by atoms with E-state index in [1.165, 1.54) is 24.1 Å². The molecule has 198 valence electrons. The van der Waals surface area contributed by atoms with Gasteiger partial charge >= 0.3 is 0 Å². The van der Waals surface area contributed by atoms with Gasteiger partial charge in [0.1, 0.15) is 11.5 Å². The number of methoxy groups -OCH3 is 1. The maximum Gasteiger partial charge on any atom is 0.300 e. The third-order valence-corrected chi connectivity index (χ3v) is 7.34. The van der Waals surface area contributed by atoms with E-state index in [1.807, 2.05) is 48.5 Å². The van der Waals surface area contributed by atoms with Crippen LogP contribution in [0.3, 0.4) is 0 Å². The Hall–Kier alpha value is -3.28. The maximum absolute atomic E-state index is 13.5. The Bertz CT molecular complexity index is 1420. The predicted molar refractivity (Wildman–Crippen MR) is 153 cm³/mol. The predicted octanol–water partition coefficient (Wildman–Crippen LogP) is 8.05. The van der Waals surface area contributed by atoms with Crippen molar-refractivity contribution in [1.82, 2.24) is 0 Å². The van der Waals surface area contributed by atoms with E-state index < -0.39 is 23.5 Å². The topological polar surface area (TPSA) is 66.8 Å². The van der Waals surface area contributed by atoms with Crippen molar-refractivity contribution in [2.24, 2.45) is 0 Å². The highest BCUT2D eigenvalue weighted by atomic mass is 35.5. The molecule has 1 fully saturated rings. The summed E-state index contributed by atoms with van der Waals surface area (Å²) in [6.07, 6.45) is 0. The minimum Gasteiger partial charge on any atom is -0.507 e. The minimum atomic E-state index is -0.878. The van der Waals surface area contributed by atoms with Gasteiger partial charge in [-0.1, -0.05) is 94.2 Å². The molecule has 0 aliphatic carbocycles. The van der Waals surface area contributed by atoms with Crippen molar-refractivity contribution >= 4 is 46.3 Å². The van der Waals surface area contributed by atoms with E-state index in [4.69, 9.17) is 27.9 Å². The second-order valence-corrected chi connectivity index (χ2v) is 11.6. The molecule has 0 radical (unpaired) electrons. The van der Waals surface area contributed by atoms with Gasteiger partial charge in [0.2, 0.25) is 0 Å². The molecule has 1 N–H and O–H groups in total. The Labute approximate surface area is 233 Å². The van der Waals surface area contributed by atoms with E-state index in [-0.39, 0.29) is 32.3 Å². The number of benzene rings is 3. The third-order valence-electron chi connectivity index (χ3n) is 6.84. The first-order valence-corrected chi connectivity index (χ1v) is 13.2. The van der Waals surface area contributed by atoms with Crippen LogP contribution in [0.25, 0.3) is 5.76 Å². The summed E-state index contributed by atoms with van der Waals surface area (Å²) in [4.78, 5) is 28.5. The molecule has 0 bridgehead atoms. The van der Waals surface area contributed by atoms with Crippen molar-refractivity contribution < 1.29 is 19.4 Å². The van der Waals surface area contributed by atoms with Gasteiger partial charge in [-0.3, -0.25) is 14.5 Å². The highest BCUT2D eigenvalue weighted by Crippen LogP contribution is 2.45. The lowest BCUT2D eigenvalue weighted by atomic mass is 9.85. The average Bonchev–Trinajstić information content (AvgIpc) is 3.13. The van der Waals surface area contributed by atoms with E-state index in [2.05, 4.69) is 34.6 Å². The summed E-state index contributed by atoms with van der Waals surface area (Å²) in [7, 11) is 1.41. The zero-order chi connectivity index (χ0) is 27.9. The Kier molecular flexibility index (Phi) is 7.64. The van der Waals surface area contributed by atoms with E-state index >= 15 is 0 Å². The molecule has 3 aromatic rings. The number of carbonyl (C=O) groups excluding carboxylic acids is 2. The number of aliphatic hydroxyl groups excluding tert-OH is 1. The highest BCUT2D eigenvalue weighted by Gasteiger charge is 2.47. The van der Waals surface area contributed by atoms with Crippen molar-refractivity contribution in [2.45, 2.75) is 52.0 Å². The fraction of sp³-hybridized carbons (Fsp3) is 0.290. The van der Waals surface area contributed by atoms with E-state index in [0.29, 0.717) is 17.2 Å². The Morgan fingerprint density at radius 2 is 1.58 bits per heavy atom. The molecular weight excluding hydrogens is 521 g/mol. The van der Waals surface area contributed by atoms with E-state index in [0.717, 1.165) is 11.1 Å². The molecule has 1 aliphatic heterocycles. The molecular formula is C31H31Cl2NO4. The molecule has 1 heterocycles. The lowest BCUT2D eigenvalue weighted by molar-refractivity contribution is -0.132. The van der Waals surface area contributed by atoms with Gasteiger partial charge in [0, 0.05) is 10.7 Å². The Morgan fingerprint density at radius 3 is 2.11 bits per heavy atom. The van der Waals surface area contributed by atoms with Crippen molar-refractivity contribution in [3.63, 3.8) is 0 Å².